The third-order valence-corrected chi connectivity index (χ3v) is 3.96. The molecule has 0 saturated heterocycles. The third-order valence-electron chi connectivity index (χ3n) is 2.49. The minimum absolute atomic E-state index is 0.0407. The Balaban J connectivity index is 3.07. The third kappa shape index (κ3) is 4.52. The van der Waals surface area contributed by atoms with Crippen LogP contribution in [0.25, 0.3) is 0 Å². The van der Waals surface area contributed by atoms with Gasteiger partial charge in [0.15, 0.2) is 0 Å². The van der Waals surface area contributed by atoms with Crippen LogP contribution in [-0.2, 0) is 24.3 Å². The van der Waals surface area contributed by atoms with Crippen LogP contribution in [0.4, 0.5) is 0 Å². The molecule has 0 saturated carbocycles. The smallest absolute Gasteiger partial charge is 0.337 e. The minimum atomic E-state index is -4.11. The molecular formula is C12H15NO7S. The summed E-state index contributed by atoms with van der Waals surface area (Å²) in [6.45, 7) is -0.328. The Labute approximate surface area is 121 Å². The van der Waals surface area contributed by atoms with Gasteiger partial charge >= 0.3 is 11.9 Å². The molecule has 0 aliphatic rings. The lowest BCUT2D eigenvalue weighted by molar-refractivity contribution is -0.140. The maximum absolute atomic E-state index is 12.1. The number of hydrogen-bond donors (Lipinski definition) is 2. The van der Waals surface area contributed by atoms with Crippen molar-refractivity contribution in [1.82, 2.24) is 4.72 Å². The van der Waals surface area contributed by atoms with Crippen LogP contribution >= 0.6 is 0 Å². The largest absolute Gasteiger partial charge is 0.480 e. The first-order valence-electron chi connectivity index (χ1n) is 5.74. The van der Waals surface area contributed by atoms with Gasteiger partial charge in [-0.25, -0.2) is 13.2 Å². The summed E-state index contributed by atoms with van der Waals surface area (Å²) in [6.07, 6.45) is 0. The second-order valence-corrected chi connectivity index (χ2v) is 5.70. The van der Waals surface area contributed by atoms with E-state index in [0.717, 1.165) is 6.07 Å². The summed E-state index contributed by atoms with van der Waals surface area (Å²) in [6, 6.07) is 3.64. The van der Waals surface area contributed by atoms with E-state index in [4.69, 9.17) is 5.11 Å². The Morgan fingerprint density at radius 3 is 2.52 bits per heavy atom. The van der Waals surface area contributed by atoms with Gasteiger partial charge in [0.1, 0.15) is 6.04 Å². The molecule has 0 fully saturated rings. The molecule has 9 heteroatoms. The van der Waals surface area contributed by atoms with Crippen LogP contribution in [-0.4, -0.2) is 52.3 Å². The van der Waals surface area contributed by atoms with E-state index in [1.807, 2.05) is 4.72 Å². The Hall–Kier alpha value is -1.97. The van der Waals surface area contributed by atoms with Crippen LogP contribution in [0.5, 0.6) is 0 Å². The molecule has 0 aliphatic heterocycles. The SMILES string of the molecule is COCC(NS(=O)(=O)c1cccc(C(=O)OC)c1)C(=O)O. The van der Waals surface area contributed by atoms with E-state index in [-0.39, 0.29) is 17.1 Å². The Kier molecular flexibility index (Phi) is 5.82. The second-order valence-electron chi connectivity index (χ2n) is 3.99. The highest BCUT2D eigenvalue weighted by Gasteiger charge is 2.25. The standard InChI is InChI=1S/C12H15NO7S/c1-19-7-10(11(14)15)13-21(17,18)9-5-3-4-8(6-9)12(16)20-2/h3-6,10,13H,7H2,1-2H3,(H,14,15). The average molecular weight is 317 g/mol. The van der Waals surface area contributed by atoms with Gasteiger partial charge in [-0.3, -0.25) is 4.79 Å². The first-order chi connectivity index (χ1) is 9.81. The van der Waals surface area contributed by atoms with Crippen LogP contribution in [0.3, 0.4) is 0 Å². The maximum atomic E-state index is 12.1. The van der Waals surface area contributed by atoms with Gasteiger partial charge in [-0.05, 0) is 18.2 Å². The zero-order chi connectivity index (χ0) is 16.0. The number of carbonyl (C=O) groups is 2. The highest BCUT2D eigenvalue weighted by Crippen LogP contribution is 2.13. The summed E-state index contributed by atoms with van der Waals surface area (Å²) in [4.78, 5) is 22.1. The lowest BCUT2D eigenvalue weighted by atomic mass is 10.2. The number of carboxylic acids is 1. The number of aliphatic carboxylic acids is 1. The number of carboxylic acid groups (broad SMARTS) is 1. The van der Waals surface area contributed by atoms with Crippen molar-refractivity contribution in [2.24, 2.45) is 0 Å². The highest BCUT2D eigenvalue weighted by molar-refractivity contribution is 7.89. The number of carbonyl (C=O) groups excluding carboxylic acids is 1. The summed E-state index contributed by atoms with van der Waals surface area (Å²) in [5, 5.41) is 8.91. The van der Waals surface area contributed by atoms with Crippen molar-refractivity contribution in [2.45, 2.75) is 10.9 Å². The van der Waals surface area contributed by atoms with E-state index in [2.05, 4.69) is 9.47 Å². The Bertz CT molecular complexity index is 626. The van der Waals surface area contributed by atoms with Gasteiger partial charge in [-0.2, -0.15) is 4.72 Å². The zero-order valence-electron chi connectivity index (χ0n) is 11.4. The molecule has 1 atom stereocenters. The van der Waals surface area contributed by atoms with Crippen molar-refractivity contribution in [2.75, 3.05) is 20.8 Å². The van der Waals surface area contributed by atoms with Crippen molar-refractivity contribution >= 4 is 22.0 Å². The molecule has 0 radical (unpaired) electrons. The quantitative estimate of drug-likeness (QED) is 0.671. The van der Waals surface area contributed by atoms with Crippen LogP contribution in [0, 0.1) is 0 Å². The summed E-state index contributed by atoms with van der Waals surface area (Å²) < 4.78 is 35.3. The lowest BCUT2D eigenvalue weighted by Gasteiger charge is -2.14. The topological polar surface area (TPSA) is 119 Å². The molecular weight excluding hydrogens is 302 g/mol. The number of benzene rings is 1. The fourth-order valence-corrected chi connectivity index (χ4v) is 2.71. The first kappa shape index (κ1) is 17.1. The average Bonchev–Trinajstić information content (AvgIpc) is 2.45. The van der Waals surface area contributed by atoms with Gasteiger partial charge in [-0.15, -0.1) is 0 Å². The number of esters is 1. The Morgan fingerprint density at radius 1 is 1.33 bits per heavy atom. The highest BCUT2D eigenvalue weighted by atomic mass is 32.2. The molecule has 0 amide bonds. The summed E-state index contributed by atoms with van der Waals surface area (Å²) in [5.41, 5.74) is 0.0407. The molecule has 1 aromatic rings. The van der Waals surface area contributed by atoms with E-state index < -0.39 is 28.0 Å². The van der Waals surface area contributed by atoms with Gasteiger partial charge in [0.25, 0.3) is 0 Å². The molecule has 8 nitrogen and oxygen atoms in total. The van der Waals surface area contributed by atoms with Gasteiger partial charge in [0.05, 0.1) is 24.2 Å². The first-order valence-corrected chi connectivity index (χ1v) is 7.22. The van der Waals surface area contributed by atoms with E-state index in [1.54, 1.807) is 0 Å². The van der Waals surface area contributed by atoms with Crippen molar-refractivity contribution in [3.8, 4) is 0 Å². The second kappa shape index (κ2) is 7.16. The molecule has 116 valence electrons. The molecule has 1 rings (SSSR count). The van der Waals surface area contributed by atoms with Crippen molar-refractivity contribution in [3.63, 3.8) is 0 Å². The predicted molar refractivity (Wildman–Crippen MR) is 71.4 cm³/mol. The van der Waals surface area contributed by atoms with Crippen LogP contribution in [0.15, 0.2) is 29.2 Å². The normalized spacial score (nSPS) is 12.7. The van der Waals surface area contributed by atoms with Gasteiger partial charge < -0.3 is 14.6 Å². The van der Waals surface area contributed by atoms with E-state index >= 15 is 0 Å². The summed E-state index contributed by atoms with van der Waals surface area (Å²) >= 11 is 0. The maximum Gasteiger partial charge on any atom is 0.337 e. The number of rotatable bonds is 7. The number of nitrogens with one attached hydrogen (secondary N) is 1. The van der Waals surface area contributed by atoms with Crippen molar-refractivity contribution in [1.29, 1.82) is 0 Å². The van der Waals surface area contributed by atoms with Gasteiger partial charge in [0.2, 0.25) is 10.0 Å². The molecule has 0 bridgehead atoms. The van der Waals surface area contributed by atoms with Crippen LogP contribution in [0.1, 0.15) is 10.4 Å². The molecule has 0 aliphatic carbocycles. The molecule has 0 aromatic heterocycles. The molecule has 2 N–H and O–H groups in total. The number of methoxy groups -OCH3 is 2. The molecule has 1 aromatic carbocycles. The fraction of sp³-hybridized carbons (Fsp3) is 0.333. The Morgan fingerprint density at radius 2 is 2.00 bits per heavy atom. The molecule has 0 heterocycles. The van der Waals surface area contributed by atoms with Gasteiger partial charge in [0, 0.05) is 7.11 Å². The van der Waals surface area contributed by atoms with E-state index in [1.165, 1.54) is 32.4 Å². The number of ether oxygens (including phenoxy) is 2. The van der Waals surface area contributed by atoms with Gasteiger partial charge in [-0.1, -0.05) is 6.07 Å². The van der Waals surface area contributed by atoms with Crippen molar-refractivity contribution in [3.05, 3.63) is 29.8 Å². The fourth-order valence-electron chi connectivity index (χ4n) is 1.49. The minimum Gasteiger partial charge on any atom is -0.480 e. The lowest BCUT2D eigenvalue weighted by Crippen LogP contribution is -2.43. The monoisotopic (exact) mass is 317 g/mol. The summed E-state index contributed by atoms with van der Waals surface area (Å²) in [7, 11) is -1.69. The molecule has 1 unspecified atom stereocenters. The van der Waals surface area contributed by atoms with Crippen LogP contribution in [0.2, 0.25) is 0 Å². The predicted octanol–water partition coefficient (Wildman–Crippen LogP) is -0.149. The molecule has 21 heavy (non-hydrogen) atoms. The molecule has 0 spiro atoms. The zero-order valence-corrected chi connectivity index (χ0v) is 12.2. The number of hydrogen-bond acceptors (Lipinski definition) is 6. The van der Waals surface area contributed by atoms with Crippen LogP contribution < -0.4 is 4.72 Å². The van der Waals surface area contributed by atoms with Crippen molar-refractivity contribution < 1.29 is 32.6 Å². The summed E-state index contributed by atoms with van der Waals surface area (Å²) in [5.74, 6) is -2.07. The van der Waals surface area contributed by atoms with E-state index in [0.29, 0.717) is 0 Å². The number of sulfonamides is 1. The van der Waals surface area contributed by atoms with E-state index in [9.17, 15) is 18.0 Å².